The van der Waals surface area contributed by atoms with E-state index in [1.165, 1.54) is 5.57 Å². The second-order valence-corrected chi connectivity index (χ2v) is 4.79. The van der Waals surface area contributed by atoms with Gasteiger partial charge >= 0.3 is 0 Å². The molecule has 0 aromatic carbocycles. The van der Waals surface area contributed by atoms with Crippen molar-refractivity contribution < 1.29 is 9.84 Å². The lowest BCUT2D eigenvalue weighted by Crippen LogP contribution is -2.23. The van der Waals surface area contributed by atoms with E-state index in [0.29, 0.717) is 6.61 Å². The third-order valence-corrected chi connectivity index (χ3v) is 3.27. The summed E-state index contributed by atoms with van der Waals surface area (Å²) in [6, 6.07) is 0. The van der Waals surface area contributed by atoms with Crippen LogP contribution in [0.5, 0.6) is 0 Å². The molecule has 0 unspecified atom stereocenters. The van der Waals surface area contributed by atoms with E-state index >= 15 is 0 Å². The zero-order valence-corrected chi connectivity index (χ0v) is 10.0. The summed E-state index contributed by atoms with van der Waals surface area (Å²) in [6.45, 7) is 3.98. The Hall–Kier alpha value is -0.0300. The zero-order valence-electron chi connectivity index (χ0n) is 9.21. The molecular weight excluding hydrogens is 210 g/mol. The summed E-state index contributed by atoms with van der Waals surface area (Å²) in [6.07, 6.45) is 4.24. The third kappa shape index (κ3) is 6.95. The Labute approximate surface area is 96.3 Å². The first-order chi connectivity index (χ1) is 7.43. The van der Waals surface area contributed by atoms with E-state index < -0.39 is 0 Å². The molecule has 3 nitrogen and oxygen atoms in total. The van der Waals surface area contributed by atoms with Crippen LogP contribution in [0.1, 0.15) is 12.8 Å². The molecule has 15 heavy (non-hydrogen) atoms. The summed E-state index contributed by atoms with van der Waals surface area (Å²) < 4.78 is 5.35. The maximum absolute atomic E-state index is 8.59. The fourth-order valence-corrected chi connectivity index (χ4v) is 2.22. The van der Waals surface area contributed by atoms with Gasteiger partial charge in [-0.3, -0.25) is 0 Å². The lowest BCUT2D eigenvalue weighted by molar-refractivity contribution is 0.149. The number of aliphatic hydroxyl groups is 1. The topological polar surface area (TPSA) is 41.5 Å². The van der Waals surface area contributed by atoms with Crippen LogP contribution >= 0.6 is 11.8 Å². The van der Waals surface area contributed by atoms with Crippen LogP contribution in [0.15, 0.2) is 11.6 Å². The van der Waals surface area contributed by atoms with Crippen molar-refractivity contribution in [2.75, 3.05) is 44.4 Å². The van der Waals surface area contributed by atoms with Gasteiger partial charge in [0.05, 0.1) is 13.2 Å². The number of rotatable bonds is 8. The first-order valence-electron chi connectivity index (χ1n) is 5.58. The third-order valence-electron chi connectivity index (χ3n) is 2.20. The minimum Gasteiger partial charge on any atom is -0.396 e. The average molecular weight is 231 g/mol. The molecule has 1 heterocycles. The minimum absolute atomic E-state index is 0.310. The molecule has 1 aliphatic heterocycles. The normalized spacial score (nSPS) is 16.5. The SMILES string of the molecule is OCCCSCCNCC1=CCCOC1. The van der Waals surface area contributed by atoms with Crippen LogP contribution in [0.2, 0.25) is 0 Å². The number of aliphatic hydroxyl groups excluding tert-OH is 1. The molecule has 0 bridgehead atoms. The van der Waals surface area contributed by atoms with Crippen LogP contribution in [0.3, 0.4) is 0 Å². The predicted octanol–water partition coefficient (Wildman–Crippen LogP) is 1.04. The Morgan fingerprint density at radius 2 is 2.40 bits per heavy atom. The van der Waals surface area contributed by atoms with Crippen LogP contribution in [-0.4, -0.2) is 49.5 Å². The van der Waals surface area contributed by atoms with E-state index in [4.69, 9.17) is 9.84 Å². The maximum atomic E-state index is 8.59. The summed E-state index contributed by atoms with van der Waals surface area (Å²) in [5.41, 5.74) is 1.38. The van der Waals surface area contributed by atoms with Crippen LogP contribution in [0.25, 0.3) is 0 Å². The molecule has 1 rings (SSSR count). The molecule has 2 N–H and O–H groups in total. The second-order valence-electron chi connectivity index (χ2n) is 3.57. The van der Waals surface area contributed by atoms with Crippen molar-refractivity contribution in [2.24, 2.45) is 0 Å². The number of hydrogen-bond acceptors (Lipinski definition) is 4. The minimum atomic E-state index is 0.310. The highest BCUT2D eigenvalue weighted by molar-refractivity contribution is 7.99. The van der Waals surface area contributed by atoms with Gasteiger partial charge in [-0.25, -0.2) is 0 Å². The lowest BCUT2D eigenvalue weighted by atomic mass is 10.2. The Balaban J connectivity index is 1.86. The van der Waals surface area contributed by atoms with Gasteiger partial charge < -0.3 is 15.2 Å². The van der Waals surface area contributed by atoms with Crippen LogP contribution < -0.4 is 5.32 Å². The van der Waals surface area contributed by atoms with Crippen molar-refractivity contribution in [1.29, 1.82) is 0 Å². The molecule has 0 aromatic rings. The van der Waals surface area contributed by atoms with Crippen molar-refractivity contribution >= 4 is 11.8 Å². The fraction of sp³-hybridized carbons (Fsp3) is 0.818. The molecule has 0 saturated carbocycles. The Bertz CT molecular complexity index is 185. The summed E-state index contributed by atoms with van der Waals surface area (Å²) in [5.74, 6) is 2.18. The second kappa shape index (κ2) is 9.21. The van der Waals surface area contributed by atoms with Crippen molar-refractivity contribution in [3.63, 3.8) is 0 Å². The van der Waals surface area contributed by atoms with Crippen molar-refractivity contribution in [1.82, 2.24) is 5.32 Å². The Morgan fingerprint density at radius 1 is 1.47 bits per heavy atom. The molecule has 0 fully saturated rings. The molecule has 0 radical (unpaired) electrons. The first kappa shape index (κ1) is 13.0. The van der Waals surface area contributed by atoms with E-state index in [9.17, 15) is 0 Å². The summed E-state index contributed by atoms with van der Waals surface area (Å²) >= 11 is 1.89. The Morgan fingerprint density at radius 3 is 3.13 bits per heavy atom. The van der Waals surface area contributed by atoms with Gasteiger partial charge in [0, 0.05) is 25.4 Å². The van der Waals surface area contributed by atoms with E-state index in [1.807, 2.05) is 11.8 Å². The van der Waals surface area contributed by atoms with Gasteiger partial charge in [0.1, 0.15) is 0 Å². The van der Waals surface area contributed by atoms with E-state index in [1.54, 1.807) is 0 Å². The summed E-state index contributed by atoms with van der Waals surface area (Å²) in [4.78, 5) is 0. The molecule has 88 valence electrons. The monoisotopic (exact) mass is 231 g/mol. The van der Waals surface area contributed by atoms with Crippen molar-refractivity contribution in [2.45, 2.75) is 12.8 Å². The highest BCUT2D eigenvalue weighted by Gasteiger charge is 2.02. The van der Waals surface area contributed by atoms with Crippen LogP contribution in [0.4, 0.5) is 0 Å². The highest BCUT2D eigenvalue weighted by Crippen LogP contribution is 2.04. The van der Waals surface area contributed by atoms with Gasteiger partial charge in [-0.05, 0) is 24.2 Å². The van der Waals surface area contributed by atoms with E-state index in [0.717, 1.165) is 50.7 Å². The predicted molar refractivity (Wildman–Crippen MR) is 65.4 cm³/mol. The molecule has 0 atom stereocenters. The van der Waals surface area contributed by atoms with Crippen molar-refractivity contribution in [3.8, 4) is 0 Å². The van der Waals surface area contributed by atoms with Gasteiger partial charge in [-0.15, -0.1) is 0 Å². The smallest absolute Gasteiger partial charge is 0.0689 e. The molecular formula is C11H21NO2S. The number of hydrogen-bond donors (Lipinski definition) is 2. The summed E-state index contributed by atoms with van der Waals surface area (Å²) in [5, 5.41) is 12.0. The first-order valence-corrected chi connectivity index (χ1v) is 6.74. The number of thioether (sulfide) groups is 1. The fourth-order valence-electron chi connectivity index (χ4n) is 1.39. The maximum Gasteiger partial charge on any atom is 0.0689 e. The van der Waals surface area contributed by atoms with Gasteiger partial charge in [-0.1, -0.05) is 6.08 Å². The molecule has 0 aromatic heterocycles. The quantitative estimate of drug-likeness (QED) is 0.484. The van der Waals surface area contributed by atoms with Crippen molar-refractivity contribution in [3.05, 3.63) is 11.6 Å². The highest BCUT2D eigenvalue weighted by atomic mass is 32.2. The Kier molecular flexibility index (Phi) is 8.01. The largest absolute Gasteiger partial charge is 0.396 e. The van der Waals surface area contributed by atoms with Gasteiger partial charge in [0.2, 0.25) is 0 Å². The van der Waals surface area contributed by atoms with Crippen LogP contribution in [-0.2, 0) is 4.74 Å². The summed E-state index contributed by atoms with van der Waals surface area (Å²) in [7, 11) is 0. The standard InChI is InChI=1S/C11H21NO2S/c13-5-2-7-15-8-4-12-9-11-3-1-6-14-10-11/h3,12-13H,1-2,4-10H2. The van der Waals surface area contributed by atoms with E-state index in [2.05, 4.69) is 11.4 Å². The lowest BCUT2D eigenvalue weighted by Gasteiger charge is -2.14. The zero-order chi connectivity index (χ0) is 10.8. The van der Waals surface area contributed by atoms with Crippen LogP contribution in [0, 0.1) is 0 Å². The number of ether oxygens (including phenoxy) is 1. The van der Waals surface area contributed by atoms with E-state index in [-0.39, 0.29) is 0 Å². The molecule has 1 aliphatic rings. The molecule has 0 saturated heterocycles. The molecule has 0 spiro atoms. The van der Waals surface area contributed by atoms with Gasteiger partial charge in [-0.2, -0.15) is 11.8 Å². The number of nitrogens with one attached hydrogen (secondary N) is 1. The average Bonchev–Trinajstić information content (AvgIpc) is 2.29. The molecule has 0 amide bonds. The van der Waals surface area contributed by atoms with Gasteiger partial charge in [0.15, 0.2) is 0 Å². The van der Waals surface area contributed by atoms with Gasteiger partial charge in [0.25, 0.3) is 0 Å². The molecule has 4 heteroatoms. The molecule has 0 aliphatic carbocycles.